The molecule has 0 unspecified atom stereocenters. The van der Waals surface area contributed by atoms with Crippen molar-refractivity contribution in [2.75, 3.05) is 11.9 Å². The highest BCUT2D eigenvalue weighted by Gasteiger charge is 2.44. The average molecular weight is 396 g/mol. The number of hydrogen-bond donors (Lipinski definition) is 6. The van der Waals surface area contributed by atoms with Crippen molar-refractivity contribution in [2.24, 2.45) is 5.73 Å². The molecule has 28 heavy (non-hydrogen) atoms. The van der Waals surface area contributed by atoms with Crippen LogP contribution in [0.5, 0.6) is 0 Å². The molecule has 1 aliphatic heterocycles. The molecule has 1 aliphatic rings. The van der Waals surface area contributed by atoms with Gasteiger partial charge in [0, 0.05) is 0 Å². The number of fused-ring (bicyclic) bond motifs is 1. The summed E-state index contributed by atoms with van der Waals surface area (Å²) in [6.07, 6.45) is -3.61. The molecule has 0 bridgehead atoms. The summed E-state index contributed by atoms with van der Waals surface area (Å²) in [5, 5.41) is 40.9. The minimum atomic E-state index is -1.39. The zero-order chi connectivity index (χ0) is 20.6. The number of imidazole rings is 1. The van der Waals surface area contributed by atoms with E-state index in [1.54, 1.807) is 0 Å². The summed E-state index contributed by atoms with van der Waals surface area (Å²) in [4.78, 5) is 35.9. The number of anilines is 1. The first-order valence-corrected chi connectivity index (χ1v) is 8.35. The maximum absolute atomic E-state index is 12.1. The topological polar surface area (TPSA) is 206 Å². The van der Waals surface area contributed by atoms with Crippen LogP contribution in [0.15, 0.2) is 12.7 Å². The molecule has 152 valence electrons. The van der Waals surface area contributed by atoms with Gasteiger partial charge in [0.15, 0.2) is 23.2 Å². The van der Waals surface area contributed by atoms with Crippen molar-refractivity contribution < 1.29 is 34.8 Å². The Morgan fingerprint density at radius 2 is 2.04 bits per heavy atom. The Morgan fingerprint density at radius 3 is 2.64 bits per heavy atom. The van der Waals surface area contributed by atoms with Gasteiger partial charge in [0.05, 0.1) is 25.1 Å². The molecule has 7 N–H and O–H groups in total. The summed E-state index contributed by atoms with van der Waals surface area (Å²) in [5.74, 6) is -2.22. The van der Waals surface area contributed by atoms with Crippen molar-refractivity contribution in [1.82, 2.24) is 19.5 Å². The fourth-order valence-electron chi connectivity index (χ4n) is 2.78. The summed E-state index contributed by atoms with van der Waals surface area (Å²) >= 11 is 0. The zero-order valence-electron chi connectivity index (χ0n) is 14.7. The molecule has 3 rings (SSSR count). The second kappa shape index (κ2) is 7.83. The molecular weight excluding hydrogens is 376 g/mol. The van der Waals surface area contributed by atoms with Gasteiger partial charge in [-0.3, -0.25) is 14.2 Å². The molecule has 0 aromatic carbocycles. The lowest BCUT2D eigenvalue weighted by atomic mass is 10.1. The predicted octanol–water partition coefficient (Wildman–Crippen LogP) is -3.35. The molecule has 3 heterocycles. The van der Waals surface area contributed by atoms with Gasteiger partial charge in [0.2, 0.25) is 5.78 Å². The number of amides is 1. The minimum Gasteiger partial charge on any atom is -0.394 e. The fraction of sp³-hybridized carbons (Fsp3) is 0.533. The van der Waals surface area contributed by atoms with Crippen molar-refractivity contribution in [3.8, 4) is 0 Å². The predicted molar refractivity (Wildman–Crippen MR) is 91.6 cm³/mol. The van der Waals surface area contributed by atoms with Gasteiger partial charge in [0.1, 0.15) is 24.6 Å². The van der Waals surface area contributed by atoms with E-state index >= 15 is 0 Å². The lowest BCUT2D eigenvalue weighted by molar-refractivity contribution is -0.136. The van der Waals surface area contributed by atoms with Gasteiger partial charge in [-0.2, -0.15) is 0 Å². The number of hydrogen-bond acceptors (Lipinski definition) is 11. The summed E-state index contributed by atoms with van der Waals surface area (Å²) < 4.78 is 6.74. The van der Waals surface area contributed by atoms with E-state index < -0.39 is 55.0 Å². The van der Waals surface area contributed by atoms with Crippen molar-refractivity contribution in [3.05, 3.63) is 12.7 Å². The maximum atomic E-state index is 12.1. The number of aromatic nitrogens is 4. The maximum Gasteiger partial charge on any atom is 0.294 e. The van der Waals surface area contributed by atoms with E-state index in [-0.39, 0.29) is 17.0 Å². The van der Waals surface area contributed by atoms with Crippen LogP contribution < -0.4 is 11.1 Å². The Kier molecular flexibility index (Phi) is 5.64. The molecule has 2 aromatic heterocycles. The van der Waals surface area contributed by atoms with Crippen LogP contribution in [0.3, 0.4) is 0 Å². The molecule has 13 heteroatoms. The van der Waals surface area contributed by atoms with Gasteiger partial charge in [-0.25, -0.2) is 15.0 Å². The number of nitrogens with one attached hydrogen (secondary N) is 1. The number of carbonyl (C=O) groups excluding carboxylic acids is 2. The normalized spacial score (nSPS) is 26.9. The quantitative estimate of drug-likeness (QED) is 0.266. The van der Waals surface area contributed by atoms with Crippen LogP contribution >= 0.6 is 0 Å². The standard InChI is InChI=1S/C15H20N6O7/c1-5(23)7(16)10(25)14(27)20-12-8-13(18-3-17-12)21(4-19-8)15-11(26)9(24)6(2-22)28-15/h3-7,9,11,15,22-24,26H,2,16H2,1H3,(H,17,18,20,27)/t5-,6-,7+,9-,11-,15-/m1/s1. The van der Waals surface area contributed by atoms with Crippen LogP contribution in [-0.2, 0) is 14.3 Å². The number of ether oxygens (including phenoxy) is 1. The largest absolute Gasteiger partial charge is 0.394 e. The first kappa shape index (κ1) is 20.2. The van der Waals surface area contributed by atoms with Crippen molar-refractivity contribution in [3.63, 3.8) is 0 Å². The second-order valence-electron chi connectivity index (χ2n) is 6.36. The molecule has 0 aliphatic carbocycles. The van der Waals surface area contributed by atoms with Crippen LogP contribution in [0.2, 0.25) is 0 Å². The number of nitrogens with zero attached hydrogens (tertiary/aromatic N) is 4. The van der Waals surface area contributed by atoms with Gasteiger partial charge in [-0.1, -0.05) is 0 Å². The van der Waals surface area contributed by atoms with Crippen molar-refractivity contribution >= 4 is 28.7 Å². The lowest BCUT2D eigenvalue weighted by Crippen LogP contribution is -2.46. The Morgan fingerprint density at radius 1 is 1.32 bits per heavy atom. The Bertz CT molecular complexity index is 887. The highest BCUT2D eigenvalue weighted by Crippen LogP contribution is 2.32. The lowest BCUT2D eigenvalue weighted by Gasteiger charge is -2.16. The second-order valence-corrected chi connectivity index (χ2v) is 6.36. The van der Waals surface area contributed by atoms with Gasteiger partial charge in [-0.15, -0.1) is 0 Å². The zero-order valence-corrected chi connectivity index (χ0v) is 14.7. The third-order valence-corrected chi connectivity index (χ3v) is 4.43. The van der Waals surface area contributed by atoms with Crippen LogP contribution in [0.4, 0.5) is 5.82 Å². The number of rotatable bonds is 6. The van der Waals surface area contributed by atoms with Crippen molar-refractivity contribution in [1.29, 1.82) is 0 Å². The fourth-order valence-corrected chi connectivity index (χ4v) is 2.78. The van der Waals surface area contributed by atoms with E-state index in [1.165, 1.54) is 17.8 Å². The Hall–Kier alpha value is -2.55. The molecule has 2 aromatic rings. The number of aliphatic hydroxyl groups is 4. The van der Waals surface area contributed by atoms with E-state index in [1.807, 2.05) is 0 Å². The molecule has 0 radical (unpaired) electrons. The smallest absolute Gasteiger partial charge is 0.294 e. The van der Waals surface area contributed by atoms with Gasteiger partial charge in [-0.05, 0) is 6.92 Å². The molecule has 1 amide bonds. The molecular formula is C15H20N6O7. The van der Waals surface area contributed by atoms with Gasteiger partial charge >= 0.3 is 0 Å². The van der Waals surface area contributed by atoms with Gasteiger partial charge < -0.3 is 36.2 Å². The summed E-state index contributed by atoms with van der Waals surface area (Å²) in [7, 11) is 0. The van der Waals surface area contributed by atoms with Crippen LogP contribution in [0, 0.1) is 0 Å². The first-order valence-electron chi connectivity index (χ1n) is 8.35. The van der Waals surface area contributed by atoms with E-state index in [9.17, 15) is 30.0 Å². The van der Waals surface area contributed by atoms with E-state index in [0.29, 0.717) is 0 Å². The third kappa shape index (κ3) is 3.46. The number of aliphatic hydroxyl groups excluding tert-OH is 4. The molecule has 1 saturated heterocycles. The summed E-state index contributed by atoms with van der Waals surface area (Å²) in [6.45, 7) is 0.782. The average Bonchev–Trinajstić information content (AvgIpc) is 3.22. The Balaban J connectivity index is 1.88. The first-order chi connectivity index (χ1) is 13.3. The third-order valence-electron chi connectivity index (χ3n) is 4.43. The Labute approximate surface area is 157 Å². The molecule has 1 fully saturated rings. The number of nitrogens with two attached hydrogens (primary N) is 1. The number of carbonyl (C=O) groups is 2. The molecule has 13 nitrogen and oxygen atoms in total. The molecule has 6 atom stereocenters. The summed E-state index contributed by atoms with van der Waals surface area (Å²) in [5.41, 5.74) is 5.70. The van der Waals surface area contributed by atoms with Gasteiger partial charge in [0.25, 0.3) is 5.91 Å². The number of Topliss-reactive ketones (excluding diaryl/α,β-unsaturated/α-hetero) is 1. The van der Waals surface area contributed by atoms with Crippen molar-refractivity contribution in [2.45, 2.75) is 43.6 Å². The van der Waals surface area contributed by atoms with E-state index in [0.717, 1.165) is 6.33 Å². The monoisotopic (exact) mass is 396 g/mol. The van der Waals surface area contributed by atoms with E-state index in [4.69, 9.17) is 10.5 Å². The van der Waals surface area contributed by atoms with Crippen LogP contribution in [0.25, 0.3) is 11.2 Å². The highest BCUT2D eigenvalue weighted by atomic mass is 16.6. The molecule has 0 spiro atoms. The highest BCUT2D eigenvalue weighted by molar-refractivity contribution is 6.42. The SMILES string of the molecule is C[C@@H](O)[C@H](N)C(=O)C(=O)Nc1ncnc2c1ncn2[C@@H]1O[C@H](CO)[C@@H](O)[C@H]1O. The summed E-state index contributed by atoms with van der Waals surface area (Å²) in [6, 6.07) is -1.39. The van der Waals surface area contributed by atoms with Crippen LogP contribution in [0.1, 0.15) is 13.2 Å². The minimum absolute atomic E-state index is 0.0898. The van der Waals surface area contributed by atoms with Crippen LogP contribution in [-0.4, -0.2) is 88.7 Å². The molecule has 0 saturated carbocycles. The number of ketones is 1. The van der Waals surface area contributed by atoms with E-state index in [2.05, 4.69) is 20.3 Å².